The molecule has 2 bridgehead atoms. The second-order valence-electron chi connectivity index (χ2n) is 7.75. The fourth-order valence-corrected chi connectivity index (χ4v) is 3.92. The lowest BCUT2D eigenvalue weighted by Crippen LogP contribution is -2.51. The molecule has 1 aromatic heterocycles. The molecule has 7 heteroatoms. The quantitative estimate of drug-likeness (QED) is 0.768. The normalized spacial score (nSPS) is 22.4. The van der Waals surface area contributed by atoms with Crippen molar-refractivity contribution in [3.05, 3.63) is 17.0 Å². The number of rotatable bonds is 2. The topological polar surface area (TPSA) is 73.7 Å². The molecular formula is C18H27N3O4. The van der Waals surface area contributed by atoms with Crippen LogP contribution in [0.4, 0.5) is 4.79 Å². The number of esters is 1. The van der Waals surface area contributed by atoms with Crippen LogP contribution in [0, 0.1) is 0 Å². The zero-order valence-electron chi connectivity index (χ0n) is 15.7. The molecule has 7 nitrogen and oxygen atoms in total. The van der Waals surface area contributed by atoms with Gasteiger partial charge in [-0.15, -0.1) is 0 Å². The molecule has 25 heavy (non-hydrogen) atoms. The van der Waals surface area contributed by atoms with E-state index in [1.165, 1.54) is 0 Å². The third-order valence-corrected chi connectivity index (χ3v) is 4.74. The van der Waals surface area contributed by atoms with E-state index in [1.807, 2.05) is 25.7 Å². The highest BCUT2D eigenvalue weighted by Gasteiger charge is 2.45. The van der Waals surface area contributed by atoms with Crippen LogP contribution in [-0.2, 0) is 22.9 Å². The van der Waals surface area contributed by atoms with E-state index >= 15 is 0 Å². The summed E-state index contributed by atoms with van der Waals surface area (Å²) in [7, 11) is 1.76. The number of carbonyl (C=O) groups is 2. The minimum Gasteiger partial charge on any atom is -0.461 e. The lowest BCUT2D eigenvalue weighted by Gasteiger charge is -2.45. The number of hydrogen-bond donors (Lipinski definition) is 0. The summed E-state index contributed by atoms with van der Waals surface area (Å²) in [6.07, 6.45) is 3.09. The van der Waals surface area contributed by atoms with Crippen LogP contribution in [0.2, 0.25) is 0 Å². The summed E-state index contributed by atoms with van der Waals surface area (Å²) in [5, 5.41) is 4.54. The molecule has 2 atom stereocenters. The van der Waals surface area contributed by atoms with Crippen LogP contribution >= 0.6 is 0 Å². The van der Waals surface area contributed by atoms with Gasteiger partial charge >= 0.3 is 12.1 Å². The molecule has 0 N–H and O–H groups in total. The van der Waals surface area contributed by atoms with Gasteiger partial charge in [-0.05, 0) is 47.0 Å². The van der Waals surface area contributed by atoms with Gasteiger partial charge in [0.15, 0.2) is 5.69 Å². The Balaban J connectivity index is 2.00. The summed E-state index contributed by atoms with van der Waals surface area (Å²) in [5.41, 5.74) is 1.64. The number of ether oxygens (including phenoxy) is 2. The lowest BCUT2D eigenvalue weighted by molar-refractivity contribution is -0.0102. The molecule has 2 aliphatic heterocycles. The van der Waals surface area contributed by atoms with Gasteiger partial charge < -0.3 is 9.47 Å². The van der Waals surface area contributed by atoms with E-state index < -0.39 is 5.60 Å². The molecule has 0 spiro atoms. The van der Waals surface area contributed by atoms with E-state index in [9.17, 15) is 9.59 Å². The average molecular weight is 349 g/mol. The fourth-order valence-electron chi connectivity index (χ4n) is 3.92. The van der Waals surface area contributed by atoms with Gasteiger partial charge in [-0.2, -0.15) is 5.10 Å². The van der Waals surface area contributed by atoms with Gasteiger partial charge in [-0.3, -0.25) is 9.58 Å². The molecule has 0 aliphatic carbocycles. The number of nitrogens with zero attached hydrogens (tertiary/aromatic N) is 3. The molecule has 3 heterocycles. The van der Waals surface area contributed by atoms with Crippen LogP contribution in [0.3, 0.4) is 0 Å². The number of amides is 1. The maximum atomic E-state index is 12.8. The smallest absolute Gasteiger partial charge is 0.411 e. The number of aromatic nitrogens is 2. The SMILES string of the molecule is CCOC(=O)c1c2c(nn1C)C[C@@H]1CCC[C@H]2N1C(=O)OC(C)(C)C. The highest BCUT2D eigenvalue weighted by molar-refractivity contribution is 5.90. The van der Waals surface area contributed by atoms with Gasteiger partial charge in [0.25, 0.3) is 0 Å². The number of hydrogen-bond acceptors (Lipinski definition) is 5. The summed E-state index contributed by atoms with van der Waals surface area (Å²) >= 11 is 0. The first-order valence-corrected chi connectivity index (χ1v) is 8.97. The minimum atomic E-state index is -0.551. The molecule has 0 unspecified atom stereocenters. The first-order chi connectivity index (χ1) is 11.7. The Hall–Kier alpha value is -2.05. The maximum absolute atomic E-state index is 12.8. The van der Waals surface area contributed by atoms with E-state index in [0.29, 0.717) is 18.7 Å². The molecule has 138 valence electrons. The van der Waals surface area contributed by atoms with Crippen molar-refractivity contribution in [1.29, 1.82) is 0 Å². The Kier molecular flexibility index (Phi) is 4.51. The number of carbonyl (C=O) groups excluding carboxylic acids is 2. The Labute approximate surface area is 148 Å². The first-order valence-electron chi connectivity index (χ1n) is 8.97. The van der Waals surface area contributed by atoms with E-state index in [1.54, 1.807) is 18.7 Å². The molecule has 0 radical (unpaired) electrons. The summed E-state index contributed by atoms with van der Waals surface area (Å²) in [5.74, 6) is -0.382. The van der Waals surface area contributed by atoms with Crippen molar-refractivity contribution in [3.8, 4) is 0 Å². The average Bonchev–Trinajstić information content (AvgIpc) is 2.81. The van der Waals surface area contributed by atoms with Crippen molar-refractivity contribution in [2.45, 2.75) is 71.1 Å². The molecule has 1 fully saturated rings. The van der Waals surface area contributed by atoms with Crippen molar-refractivity contribution in [2.24, 2.45) is 7.05 Å². The van der Waals surface area contributed by atoms with E-state index in [0.717, 1.165) is 30.5 Å². The molecule has 0 aromatic carbocycles. The van der Waals surface area contributed by atoms with Gasteiger partial charge in [-0.25, -0.2) is 9.59 Å². The maximum Gasteiger partial charge on any atom is 0.411 e. The summed E-state index contributed by atoms with van der Waals surface area (Å²) in [4.78, 5) is 27.1. The zero-order chi connectivity index (χ0) is 18.4. The Bertz CT molecular complexity index is 689. The largest absolute Gasteiger partial charge is 0.461 e. The molecule has 0 saturated carbocycles. The van der Waals surface area contributed by atoms with Gasteiger partial charge in [0, 0.05) is 25.1 Å². The van der Waals surface area contributed by atoms with Crippen LogP contribution < -0.4 is 0 Å². The van der Waals surface area contributed by atoms with Crippen molar-refractivity contribution in [3.63, 3.8) is 0 Å². The van der Waals surface area contributed by atoms with E-state index in [-0.39, 0.29) is 24.1 Å². The summed E-state index contributed by atoms with van der Waals surface area (Å²) in [6.45, 7) is 7.69. The molecule has 1 amide bonds. The van der Waals surface area contributed by atoms with Crippen LogP contribution in [0.5, 0.6) is 0 Å². The van der Waals surface area contributed by atoms with Gasteiger partial charge in [0.2, 0.25) is 0 Å². The van der Waals surface area contributed by atoms with Crippen LogP contribution in [0.25, 0.3) is 0 Å². The van der Waals surface area contributed by atoms with Crippen molar-refractivity contribution >= 4 is 12.1 Å². The summed E-state index contributed by atoms with van der Waals surface area (Å²) in [6, 6.07) is -0.100. The van der Waals surface area contributed by atoms with Gasteiger partial charge in [0.05, 0.1) is 18.3 Å². The van der Waals surface area contributed by atoms with Gasteiger partial charge in [0.1, 0.15) is 5.60 Å². The lowest BCUT2D eigenvalue weighted by atomic mass is 9.82. The van der Waals surface area contributed by atoms with Crippen molar-refractivity contribution in [1.82, 2.24) is 14.7 Å². The Morgan fingerprint density at radius 3 is 2.64 bits per heavy atom. The third-order valence-electron chi connectivity index (χ3n) is 4.74. The molecule has 1 saturated heterocycles. The molecular weight excluding hydrogens is 322 g/mol. The Morgan fingerprint density at radius 2 is 2.00 bits per heavy atom. The van der Waals surface area contributed by atoms with E-state index in [2.05, 4.69) is 5.10 Å². The predicted molar refractivity (Wildman–Crippen MR) is 91.3 cm³/mol. The monoisotopic (exact) mass is 349 g/mol. The number of aryl methyl sites for hydroxylation is 1. The van der Waals surface area contributed by atoms with E-state index in [4.69, 9.17) is 9.47 Å². The fraction of sp³-hybridized carbons (Fsp3) is 0.722. The zero-order valence-corrected chi connectivity index (χ0v) is 15.7. The highest BCUT2D eigenvalue weighted by atomic mass is 16.6. The van der Waals surface area contributed by atoms with Crippen molar-refractivity contribution in [2.75, 3.05) is 6.61 Å². The standard InChI is InChI=1S/C18H27N3O4/c1-6-24-16(22)15-14-12(19-20(15)5)10-11-8-7-9-13(14)21(11)17(23)25-18(2,3)4/h11,13H,6-10H2,1-5H3/t11-,13+/m0/s1. The minimum absolute atomic E-state index is 0.0750. The van der Waals surface area contributed by atoms with Crippen LogP contribution in [0.15, 0.2) is 0 Å². The van der Waals surface area contributed by atoms with Crippen LogP contribution in [0.1, 0.15) is 74.7 Å². The molecule has 1 aromatic rings. The molecule has 3 rings (SSSR count). The second kappa shape index (κ2) is 6.35. The predicted octanol–water partition coefficient (Wildman–Crippen LogP) is 2.98. The van der Waals surface area contributed by atoms with Gasteiger partial charge in [-0.1, -0.05) is 0 Å². The highest BCUT2D eigenvalue weighted by Crippen LogP contribution is 2.43. The number of fused-ring (bicyclic) bond motifs is 4. The van der Waals surface area contributed by atoms with Crippen molar-refractivity contribution < 1.29 is 19.1 Å². The van der Waals surface area contributed by atoms with Crippen LogP contribution in [-0.4, -0.2) is 45.0 Å². The molecule has 2 aliphatic rings. The number of piperidine rings is 1. The Morgan fingerprint density at radius 1 is 1.28 bits per heavy atom. The third kappa shape index (κ3) is 3.24. The second-order valence-corrected chi connectivity index (χ2v) is 7.75. The first kappa shape index (κ1) is 17.8. The summed E-state index contributed by atoms with van der Waals surface area (Å²) < 4.78 is 12.4.